The summed E-state index contributed by atoms with van der Waals surface area (Å²) in [6.07, 6.45) is 10.3. The van der Waals surface area contributed by atoms with E-state index in [1.165, 1.54) is 5.57 Å². The Morgan fingerprint density at radius 2 is 1.69 bits per heavy atom. The molecule has 3 aliphatic rings. The van der Waals surface area contributed by atoms with Crippen molar-refractivity contribution in [3.63, 3.8) is 0 Å². The van der Waals surface area contributed by atoms with E-state index in [2.05, 4.69) is 13.0 Å². The minimum absolute atomic E-state index is 0.0600. The average molecular weight is 415 g/mol. The predicted molar refractivity (Wildman–Crippen MR) is 117 cm³/mol. The van der Waals surface area contributed by atoms with E-state index in [1.807, 2.05) is 32.9 Å². The van der Waals surface area contributed by atoms with Crippen LogP contribution in [0.25, 0.3) is 0 Å². The Bertz CT molecular complexity index is 929. The number of Topliss-reactive ketones (excluding diaryl/α,β-unsaturated/α-hetero) is 1. The normalized spacial score (nSPS) is 24.2. The fourth-order valence-electron chi connectivity index (χ4n) is 4.79. The monoisotopic (exact) mass is 414 g/mol. The Hall–Kier alpha value is -1.98. The molecule has 1 N–H and O–H groups in total. The van der Waals surface area contributed by atoms with Crippen molar-refractivity contribution in [3.05, 3.63) is 67.9 Å². The van der Waals surface area contributed by atoms with Crippen LogP contribution < -0.4 is 0 Å². The first-order valence-corrected chi connectivity index (χ1v) is 11.3. The summed E-state index contributed by atoms with van der Waals surface area (Å²) in [5, 5.41) is 0. The number of ketones is 1. The molecule has 0 aromatic carbocycles. The number of hydrogen-bond acceptors (Lipinski definition) is 3. The second-order valence-corrected chi connectivity index (χ2v) is 9.18. The lowest BCUT2D eigenvalue weighted by molar-refractivity contribution is -0.112. The average Bonchev–Trinajstić information content (AvgIpc) is 2.66. The maximum Gasteiger partial charge on any atom is 0.184 e. The maximum absolute atomic E-state index is 12.3. The highest BCUT2D eigenvalue weighted by molar-refractivity contribution is 7.83. The number of allylic oxidation sites excluding steroid dienone is 11. The SMILES string of the molecule is COC1=C(C)CC(C(=C2C=C(C)C(=O)C(C)=C2)C2=C(S(=O)O)CCCC2)C=C1C. The minimum atomic E-state index is -1.98. The zero-order chi connectivity index (χ0) is 21.3. The van der Waals surface area contributed by atoms with E-state index in [9.17, 15) is 13.6 Å². The molecule has 0 radical (unpaired) electrons. The molecule has 0 bridgehead atoms. The third-order valence-electron chi connectivity index (χ3n) is 6.02. The molecular weight excluding hydrogens is 384 g/mol. The Labute approximate surface area is 176 Å². The lowest BCUT2D eigenvalue weighted by atomic mass is 9.76. The van der Waals surface area contributed by atoms with Crippen LogP contribution in [0.3, 0.4) is 0 Å². The van der Waals surface area contributed by atoms with Gasteiger partial charge >= 0.3 is 0 Å². The first kappa shape index (κ1) is 21.7. The lowest BCUT2D eigenvalue weighted by Gasteiger charge is -2.31. The van der Waals surface area contributed by atoms with Gasteiger partial charge in [0.25, 0.3) is 0 Å². The molecule has 0 fully saturated rings. The van der Waals surface area contributed by atoms with Crippen LogP contribution in [0.15, 0.2) is 67.9 Å². The largest absolute Gasteiger partial charge is 0.497 e. The fourth-order valence-corrected chi connectivity index (χ4v) is 5.53. The third-order valence-corrected chi connectivity index (χ3v) is 6.89. The molecule has 0 amide bonds. The summed E-state index contributed by atoms with van der Waals surface area (Å²) in [6, 6.07) is 0. The Balaban J connectivity index is 2.25. The number of methoxy groups -OCH3 is 1. The van der Waals surface area contributed by atoms with Crippen LogP contribution in [0.2, 0.25) is 0 Å². The first-order chi connectivity index (χ1) is 13.7. The first-order valence-electron chi connectivity index (χ1n) is 10.2. The van der Waals surface area contributed by atoms with Gasteiger partial charge in [0.1, 0.15) is 5.76 Å². The molecule has 2 unspecified atom stereocenters. The van der Waals surface area contributed by atoms with Gasteiger partial charge < -0.3 is 9.29 Å². The molecule has 0 saturated carbocycles. The number of hydrogen-bond donors (Lipinski definition) is 1. The van der Waals surface area contributed by atoms with Crippen LogP contribution >= 0.6 is 0 Å². The van der Waals surface area contributed by atoms with Gasteiger partial charge in [-0.3, -0.25) is 4.79 Å². The second-order valence-electron chi connectivity index (χ2n) is 8.18. The molecule has 0 aliphatic heterocycles. The zero-order valence-corrected chi connectivity index (χ0v) is 18.7. The summed E-state index contributed by atoms with van der Waals surface area (Å²) in [6.45, 7) is 7.81. The van der Waals surface area contributed by atoms with Gasteiger partial charge in [0.05, 0.1) is 7.11 Å². The smallest absolute Gasteiger partial charge is 0.184 e. The van der Waals surface area contributed by atoms with E-state index in [0.29, 0.717) is 22.5 Å². The Kier molecular flexibility index (Phi) is 6.59. The molecule has 3 rings (SSSR count). The molecule has 0 aromatic heterocycles. The van der Waals surface area contributed by atoms with E-state index in [0.717, 1.165) is 53.7 Å². The van der Waals surface area contributed by atoms with Crippen molar-refractivity contribution in [1.29, 1.82) is 0 Å². The van der Waals surface area contributed by atoms with Gasteiger partial charge in [0, 0.05) is 10.8 Å². The predicted octanol–water partition coefficient (Wildman–Crippen LogP) is 5.69. The topological polar surface area (TPSA) is 63.6 Å². The molecule has 3 aliphatic carbocycles. The number of rotatable bonds is 4. The van der Waals surface area contributed by atoms with Gasteiger partial charge in [-0.1, -0.05) is 6.08 Å². The summed E-state index contributed by atoms with van der Waals surface area (Å²) in [5.41, 5.74) is 6.74. The van der Waals surface area contributed by atoms with Gasteiger partial charge in [-0.05, 0) is 111 Å². The maximum atomic E-state index is 12.3. The van der Waals surface area contributed by atoms with Crippen LogP contribution in [0, 0.1) is 5.92 Å². The van der Waals surface area contributed by atoms with Gasteiger partial charge in [-0.15, -0.1) is 0 Å². The fraction of sp³-hybridized carbons (Fsp3) is 0.458. The Morgan fingerprint density at radius 3 is 2.24 bits per heavy atom. The van der Waals surface area contributed by atoms with Gasteiger partial charge in [-0.25, -0.2) is 4.21 Å². The molecule has 0 saturated heterocycles. The Morgan fingerprint density at radius 1 is 1.07 bits per heavy atom. The van der Waals surface area contributed by atoms with E-state index < -0.39 is 11.1 Å². The molecule has 4 nitrogen and oxygen atoms in total. The van der Waals surface area contributed by atoms with Crippen LogP contribution in [-0.4, -0.2) is 21.7 Å². The quantitative estimate of drug-likeness (QED) is 0.600. The second kappa shape index (κ2) is 8.80. The molecule has 0 aromatic rings. The molecule has 0 spiro atoms. The molecule has 156 valence electrons. The van der Waals surface area contributed by atoms with Gasteiger partial charge in [0.15, 0.2) is 16.9 Å². The van der Waals surface area contributed by atoms with Crippen LogP contribution in [0.5, 0.6) is 0 Å². The summed E-state index contributed by atoms with van der Waals surface area (Å²) in [5.74, 6) is 1.06. The van der Waals surface area contributed by atoms with E-state index in [4.69, 9.17) is 4.74 Å². The number of carbonyl (C=O) groups excluding carboxylic acids is 1. The zero-order valence-electron chi connectivity index (χ0n) is 17.9. The molecule has 29 heavy (non-hydrogen) atoms. The molecule has 2 atom stereocenters. The van der Waals surface area contributed by atoms with Crippen molar-refractivity contribution in [1.82, 2.24) is 0 Å². The standard InChI is InChI=1S/C24H30O4S/c1-14-10-18(11-15(2)23(14)25)22(20-8-6-7-9-21(20)29(26)27)19-12-16(3)24(28-5)17(4)13-19/h10-12,19H,6-9,13H2,1-5H3,(H,26,27). The third kappa shape index (κ3) is 4.31. The van der Waals surface area contributed by atoms with Crippen LogP contribution in [0.1, 0.15) is 59.8 Å². The van der Waals surface area contributed by atoms with Crippen molar-refractivity contribution < 1.29 is 18.3 Å². The van der Waals surface area contributed by atoms with Crippen LogP contribution in [-0.2, 0) is 20.6 Å². The minimum Gasteiger partial charge on any atom is -0.497 e. The van der Waals surface area contributed by atoms with Gasteiger partial charge in [0.2, 0.25) is 0 Å². The summed E-state index contributed by atoms with van der Waals surface area (Å²) in [4.78, 5) is 12.9. The van der Waals surface area contributed by atoms with Crippen molar-refractivity contribution in [3.8, 4) is 0 Å². The highest BCUT2D eigenvalue weighted by Crippen LogP contribution is 2.43. The highest BCUT2D eigenvalue weighted by Gasteiger charge is 2.30. The molecule has 0 heterocycles. The highest BCUT2D eigenvalue weighted by atomic mass is 32.2. The summed E-state index contributed by atoms with van der Waals surface area (Å²) < 4.78 is 27.7. The van der Waals surface area contributed by atoms with Gasteiger partial charge in [-0.2, -0.15) is 0 Å². The number of carbonyl (C=O) groups is 1. The van der Waals surface area contributed by atoms with Crippen molar-refractivity contribution in [2.45, 2.75) is 59.8 Å². The lowest BCUT2D eigenvalue weighted by Crippen LogP contribution is -2.18. The molecule has 5 heteroatoms. The van der Waals surface area contributed by atoms with Crippen LogP contribution in [0.4, 0.5) is 0 Å². The molecular formula is C24H30O4S. The van der Waals surface area contributed by atoms with Crippen molar-refractivity contribution in [2.75, 3.05) is 7.11 Å². The van der Waals surface area contributed by atoms with Crippen molar-refractivity contribution >= 4 is 16.9 Å². The summed E-state index contributed by atoms with van der Waals surface area (Å²) in [7, 11) is 1.69. The summed E-state index contributed by atoms with van der Waals surface area (Å²) >= 11 is -1.98. The van der Waals surface area contributed by atoms with E-state index >= 15 is 0 Å². The van der Waals surface area contributed by atoms with E-state index in [1.54, 1.807) is 7.11 Å². The van der Waals surface area contributed by atoms with E-state index in [-0.39, 0.29) is 11.7 Å². The van der Waals surface area contributed by atoms with Crippen molar-refractivity contribution in [2.24, 2.45) is 5.92 Å². The number of ether oxygens (including phenoxy) is 1.